The van der Waals surface area contributed by atoms with Crippen molar-refractivity contribution in [1.82, 2.24) is 5.32 Å². The Labute approximate surface area is 221 Å². The van der Waals surface area contributed by atoms with E-state index in [1.807, 2.05) is 42.5 Å². The molecule has 0 aliphatic carbocycles. The molecule has 0 aliphatic heterocycles. The van der Waals surface area contributed by atoms with Gasteiger partial charge in [0.15, 0.2) is 5.11 Å². The average molecular weight is 556 g/mol. The molecule has 0 atom stereocenters. The minimum atomic E-state index is -0.300. The van der Waals surface area contributed by atoms with E-state index in [1.54, 1.807) is 18.2 Å². The van der Waals surface area contributed by atoms with Crippen LogP contribution in [0, 0.1) is 0 Å². The molecule has 0 unspecified atom stereocenters. The van der Waals surface area contributed by atoms with Crippen LogP contribution >= 0.6 is 28.1 Å². The van der Waals surface area contributed by atoms with Gasteiger partial charge in [-0.3, -0.25) is 10.1 Å². The lowest BCUT2D eigenvalue weighted by Crippen LogP contribution is -2.34. The van der Waals surface area contributed by atoms with Gasteiger partial charge in [-0.2, -0.15) is 0 Å². The number of benzene rings is 3. The summed E-state index contributed by atoms with van der Waals surface area (Å²) in [6.07, 6.45) is 5.50. The summed E-state index contributed by atoms with van der Waals surface area (Å²) in [6, 6.07) is 22.9. The Kier molecular flexibility index (Phi) is 11.1. The van der Waals surface area contributed by atoms with Crippen molar-refractivity contribution >= 4 is 44.9 Å². The first-order valence-electron chi connectivity index (χ1n) is 11.9. The smallest absolute Gasteiger partial charge is 0.257 e. The molecule has 2 N–H and O–H groups in total. The third kappa shape index (κ3) is 9.34. The summed E-state index contributed by atoms with van der Waals surface area (Å²) in [5, 5.41) is 5.97. The highest BCUT2D eigenvalue weighted by molar-refractivity contribution is 9.10. The first kappa shape index (κ1) is 26.7. The zero-order chi connectivity index (χ0) is 24.9. The summed E-state index contributed by atoms with van der Waals surface area (Å²) in [4.78, 5) is 12.6. The number of unbranched alkanes of at least 4 members (excludes halogenated alkanes) is 3. The van der Waals surface area contributed by atoms with Crippen LogP contribution in [0.2, 0.25) is 0 Å². The first-order chi connectivity index (χ1) is 17.0. The molecular formula is C28H31BrN2O3S. The van der Waals surface area contributed by atoms with E-state index in [9.17, 15) is 4.79 Å². The molecule has 0 saturated carbocycles. The van der Waals surface area contributed by atoms with Gasteiger partial charge in [0.2, 0.25) is 0 Å². The van der Waals surface area contributed by atoms with E-state index in [4.69, 9.17) is 21.7 Å². The number of hydrogen-bond acceptors (Lipinski definition) is 4. The molecule has 0 bridgehead atoms. The van der Waals surface area contributed by atoms with Crippen molar-refractivity contribution in [1.29, 1.82) is 0 Å². The van der Waals surface area contributed by atoms with Gasteiger partial charge in [-0.15, -0.1) is 0 Å². The maximum Gasteiger partial charge on any atom is 0.257 e. The van der Waals surface area contributed by atoms with Gasteiger partial charge in [0.05, 0.1) is 17.7 Å². The number of rotatable bonds is 12. The molecule has 5 nitrogen and oxygen atoms in total. The fourth-order valence-electron chi connectivity index (χ4n) is 3.37. The number of hydrogen-bond donors (Lipinski definition) is 2. The van der Waals surface area contributed by atoms with Crippen molar-refractivity contribution in [3.8, 4) is 11.5 Å². The number of thiocarbonyl (C=S) groups is 1. The topological polar surface area (TPSA) is 59.6 Å². The predicted molar refractivity (Wildman–Crippen MR) is 150 cm³/mol. The summed E-state index contributed by atoms with van der Waals surface area (Å²) in [5.41, 5.74) is 2.46. The number of carbonyl (C=O) groups excluding carboxylic acids is 1. The molecular weight excluding hydrogens is 524 g/mol. The Morgan fingerprint density at radius 2 is 1.69 bits per heavy atom. The molecule has 0 heterocycles. The fraction of sp³-hybridized carbons (Fsp3) is 0.286. The van der Waals surface area contributed by atoms with Crippen LogP contribution < -0.4 is 20.1 Å². The van der Waals surface area contributed by atoms with Crippen LogP contribution in [0.15, 0.2) is 77.3 Å². The van der Waals surface area contributed by atoms with Crippen LogP contribution in [0.25, 0.3) is 0 Å². The molecule has 0 radical (unpaired) electrons. The second-order valence-corrected chi connectivity index (χ2v) is 9.33. The van der Waals surface area contributed by atoms with Crippen molar-refractivity contribution in [2.24, 2.45) is 0 Å². The Hall–Kier alpha value is -2.90. The van der Waals surface area contributed by atoms with E-state index in [-0.39, 0.29) is 11.0 Å². The number of carbonyl (C=O) groups is 1. The normalized spacial score (nSPS) is 10.5. The maximum atomic E-state index is 12.6. The minimum Gasteiger partial charge on any atom is -0.494 e. The van der Waals surface area contributed by atoms with Crippen LogP contribution in [-0.4, -0.2) is 24.2 Å². The molecule has 184 valence electrons. The van der Waals surface area contributed by atoms with Crippen LogP contribution in [0.1, 0.15) is 48.5 Å². The van der Waals surface area contributed by atoms with Crippen molar-refractivity contribution in [2.45, 2.75) is 39.0 Å². The molecule has 0 spiro atoms. The van der Waals surface area contributed by atoms with Crippen LogP contribution in [0.5, 0.6) is 11.5 Å². The van der Waals surface area contributed by atoms with E-state index in [1.165, 1.54) is 24.8 Å². The molecule has 0 aliphatic rings. The number of halogens is 1. The third-order valence-electron chi connectivity index (χ3n) is 5.29. The van der Waals surface area contributed by atoms with Crippen molar-refractivity contribution in [2.75, 3.05) is 18.5 Å². The van der Waals surface area contributed by atoms with E-state index in [0.717, 1.165) is 24.3 Å². The lowest BCUT2D eigenvalue weighted by atomic mass is 10.2. The summed E-state index contributed by atoms with van der Waals surface area (Å²) < 4.78 is 12.3. The monoisotopic (exact) mass is 554 g/mol. The number of nitrogens with one attached hydrogen (secondary N) is 2. The first-order valence-corrected chi connectivity index (χ1v) is 13.1. The van der Waals surface area contributed by atoms with Crippen molar-refractivity contribution in [3.63, 3.8) is 0 Å². The van der Waals surface area contributed by atoms with Gasteiger partial charge in [-0.05, 0) is 82.6 Å². The zero-order valence-corrected chi connectivity index (χ0v) is 22.3. The van der Waals surface area contributed by atoms with E-state index < -0.39 is 0 Å². The molecule has 35 heavy (non-hydrogen) atoms. The predicted octanol–water partition coefficient (Wildman–Crippen LogP) is 7.16. The van der Waals surface area contributed by atoms with E-state index >= 15 is 0 Å². The van der Waals surface area contributed by atoms with Gasteiger partial charge in [-0.1, -0.05) is 56.5 Å². The average Bonchev–Trinajstić information content (AvgIpc) is 2.86. The third-order valence-corrected chi connectivity index (χ3v) is 6.11. The lowest BCUT2D eigenvalue weighted by Gasteiger charge is -2.12. The summed E-state index contributed by atoms with van der Waals surface area (Å²) in [5.74, 6) is 1.20. The molecule has 0 aromatic heterocycles. The Bertz CT molecular complexity index is 1090. The number of amides is 1. The largest absolute Gasteiger partial charge is 0.494 e. The molecule has 1 amide bonds. The summed E-state index contributed by atoms with van der Waals surface area (Å²) in [6.45, 7) is 3.46. The molecule has 0 saturated heterocycles. The van der Waals surface area contributed by atoms with Crippen LogP contribution in [0.4, 0.5) is 5.69 Å². The second-order valence-electron chi connectivity index (χ2n) is 8.07. The van der Waals surface area contributed by atoms with Gasteiger partial charge < -0.3 is 14.8 Å². The lowest BCUT2D eigenvalue weighted by molar-refractivity contribution is 0.0977. The molecule has 3 aromatic rings. The Morgan fingerprint density at radius 1 is 0.914 bits per heavy atom. The Morgan fingerprint density at radius 3 is 2.40 bits per heavy atom. The van der Waals surface area contributed by atoms with Gasteiger partial charge in [0.1, 0.15) is 11.5 Å². The summed E-state index contributed by atoms with van der Waals surface area (Å²) in [7, 11) is 0. The zero-order valence-electron chi connectivity index (χ0n) is 19.9. The molecule has 7 heteroatoms. The molecule has 3 aromatic carbocycles. The number of ether oxygens (including phenoxy) is 2. The van der Waals surface area contributed by atoms with Gasteiger partial charge in [0.25, 0.3) is 5.91 Å². The van der Waals surface area contributed by atoms with Crippen LogP contribution in [0.3, 0.4) is 0 Å². The van der Waals surface area contributed by atoms with Crippen molar-refractivity contribution in [3.05, 3.63) is 88.4 Å². The SMILES string of the molecule is CCCCCCOc1ccc(NC(=S)NC(=O)c2ccc(OCCc3ccccc3)c(Br)c2)cc1. The van der Waals surface area contributed by atoms with Gasteiger partial charge in [-0.25, -0.2) is 0 Å². The highest BCUT2D eigenvalue weighted by Gasteiger charge is 2.11. The molecule has 0 fully saturated rings. The highest BCUT2D eigenvalue weighted by atomic mass is 79.9. The minimum absolute atomic E-state index is 0.225. The van der Waals surface area contributed by atoms with Crippen molar-refractivity contribution < 1.29 is 14.3 Å². The Balaban J connectivity index is 1.44. The quantitative estimate of drug-likeness (QED) is 0.184. The second kappa shape index (κ2) is 14.5. The highest BCUT2D eigenvalue weighted by Crippen LogP contribution is 2.26. The van der Waals surface area contributed by atoms with Gasteiger partial charge in [0, 0.05) is 17.7 Å². The van der Waals surface area contributed by atoms with E-state index in [0.29, 0.717) is 29.0 Å². The summed E-state index contributed by atoms with van der Waals surface area (Å²) >= 11 is 8.80. The molecule has 3 rings (SSSR count). The standard InChI is InChI=1S/C28H31BrN2O3S/c1-2-3-4-8-18-33-24-14-12-23(13-15-24)30-28(35)31-27(32)22-11-16-26(25(29)20-22)34-19-17-21-9-6-5-7-10-21/h5-7,9-16,20H,2-4,8,17-19H2,1H3,(H2,30,31,32,35). The fourth-order valence-corrected chi connectivity index (χ4v) is 4.08. The van der Waals surface area contributed by atoms with E-state index in [2.05, 4.69) is 45.6 Å². The van der Waals surface area contributed by atoms with Gasteiger partial charge >= 0.3 is 0 Å². The number of anilines is 1. The maximum absolute atomic E-state index is 12.6. The van der Waals surface area contributed by atoms with Crippen LogP contribution in [-0.2, 0) is 6.42 Å².